The maximum absolute atomic E-state index is 3.63. The van der Waals surface area contributed by atoms with Crippen molar-refractivity contribution in [1.29, 1.82) is 0 Å². The first-order valence-electron chi connectivity index (χ1n) is 7.17. The molecule has 0 spiro atoms. The van der Waals surface area contributed by atoms with Gasteiger partial charge >= 0.3 is 0 Å². The highest BCUT2D eigenvalue weighted by molar-refractivity contribution is 4.87. The van der Waals surface area contributed by atoms with Crippen LogP contribution in [0.4, 0.5) is 0 Å². The van der Waals surface area contributed by atoms with Crippen molar-refractivity contribution in [3.63, 3.8) is 0 Å². The maximum atomic E-state index is 3.63. The third kappa shape index (κ3) is 2.98. The minimum absolute atomic E-state index is 0.662. The molecule has 0 amide bonds. The van der Waals surface area contributed by atoms with Crippen LogP contribution in [0.1, 0.15) is 52.9 Å². The second-order valence-electron chi connectivity index (χ2n) is 6.06. The van der Waals surface area contributed by atoms with Gasteiger partial charge in [0.25, 0.3) is 0 Å². The largest absolute Gasteiger partial charge is 0.309 e. The Morgan fingerprint density at radius 3 is 2.12 bits per heavy atom. The minimum Gasteiger partial charge on any atom is -0.309 e. The molecule has 16 heavy (non-hydrogen) atoms. The van der Waals surface area contributed by atoms with E-state index >= 15 is 0 Å². The van der Waals surface area contributed by atoms with Crippen molar-refractivity contribution in [2.45, 2.75) is 71.0 Å². The highest BCUT2D eigenvalue weighted by Crippen LogP contribution is 2.29. The maximum Gasteiger partial charge on any atom is 0.0169 e. The molecule has 2 heteroatoms. The number of rotatable bonds is 2. The number of piperazine rings is 1. The van der Waals surface area contributed by atoms with E-state index in [4.69, 9.17) is 0 Å². The molecule has 1 saturated carbocycles. The zero-order valence-corrected chi connectivity index (χ0v) is 11.2. The van der Waals surface area contributed by atoms with Gasteiger partial charge in [0.05, 0.1) is 0 Å². The van der Waals surface area contributed by atoms with Gasteiger partial charge in [0.1, 0.15) is 0 Å². The predicted octanol–water partition coefficient (Wildman–Crippen LogP) is 2.64. The Labute approximate surface area is 101 Å². The van der Waals surface area contributed by atoms with Gasteiger partial charge in [-0.05, 0) is 39.5 Å². The predicted molar refractivity (Wildman–Crippen MR) is 69.7 cm³/mol. The van der Waals surface area contributed by atoms with Gasteiger partial charge in [-0.1, -0.05) is 19.3 Å². The molecule has 1 aliphatic heterocycles. The Balaban J connectivity index is 1.89. The Hall–Kier alpha value is -0.0800. The molecule has 0 bridgehead atoms. The van der Waals surface area contributed by atoms with E-state index < -0.39 is 0 Å². The van der Waals surface area contributed by atoms with Crippen LogP contribution in [0.25, 0.3) is 0 Å². The van der Waals surface area contributed by atoms with Gasteiger partial charge in [-0.2, -0.15) is 0 Å². The zero-order valence-electron chi connectivity index (χ0n) is 11.2. The summed E-state index contributed by atoms with van der Waals surface area (Å²) in [5, 5.41) is 3.63. The third-order valence-corrected chi connectivity index (χ3v) is 4.49. The van der Waals surface area contributed by atoms with Gasteiger partial charge in [0.2, 0.25) is 0 Å². The fraction of sp³-hybridized carbons (Fsp3) is 1.00. The summed E-state index contributed by atoms with van der Waals surface area (Å²) in [7, 11) is 0. The van der Waals surface area contributed by atoms with Crippen LogP contribution in [0, 0.1) is 5.92 Å². The van der Waals surface area contributed by atoms with Crippen LogP contribution in [0.5, 0.6) is 0 Å². The van der Waals surface area contributed by atoms with Crippen molar-refractivity contribution in [2.24, 2.45) is 5.92 Å². The molecule has 0 aromatic carbocycles. The number of nitrogens with one attached hydrogen (secondary N) is 1. The van der Waals surface area contributed by atoms with Crippen LogP contribution in [0.15, 0.2) is 0 Å². The highest BCUT2D eigenvalue weighted by Gasteiger charge is 2.29. The van der Waals surface area contributed by atoms with E-state index in [-0.39, 0.29) is 0 Å². The molecule has 0 radical (unpaired) electrons. The lowest BCUT2D eigenvalue weighted by molar-refractivity contribution is 0.0826. The second-order valence-corrected chi connectivity index (χ2v) is 6.06. The smallest absolute Gasteiger partial charge is 0.0169 e. The first kappa shape index (κ1) is 12.4. The molecule has 1 N–H and O–H groups in total. The van der Waals surface area contributed by atoms with Crippen molar-refractivity contribution in [3.8, 4) is 0 Å². The topological polar surface area (TPSA) is 15.3 Å². The normalized spacial score (nSPS) is 36.2. The van der Waals surface area contributed by atoms with Crippen LogP contribution >= 0.6 is 0 Å². The summed E-state index contributed by atoms with van der Waals surface area (Å²) in [5.41, 5.74) is 0. The van der Waals surface area contributed by atoms with E-state index in [1.54, 1.807) is 0 Å². The molecule has 1 heterocycles. The summed E-state index contributed by atoms with van der Waals surface area (Å²) >= 11 is 0. The lowest BCUT2D eigenvalue weighted by atomic mass is 9.83. The van der Waals surface area contributed by atoms with Crippen molar-refractivity contribution < 1.29 is 0 Å². The summed E-state index contributed by atoms with van der Waals surface area (Å²) in [5.74, 6) is 0.964. The summed E-state index contributed by atoms with van der Waals surface area (Å²) in [6.07, 6.45) is 7.33. The average molecular weight is 224 g/mol. The van der Waals surface area contributed by atoms with Gasteiger partial charge in [-0.3, -0.25) is 4.90 Å². The molecule has 94 valence electrons. The number of nitrogens with zero attached hydrogens (tertiary/aromatic N) is 1. The van der Waals surface area contributed by atoms with E-state index in [9.17, 15) is 0 Å². The standard InChI is InChI=1S/C14H28N2/c1-11-9-16(10-12(2)15-11)13(3)14-7-5-4-6-8-14/h11-15H,4-10H2,1-3H3. The summed E-state index contributed by atoms with van der Waals surface area (Å²) in [4.78, 5) is 2.72. The molecule has 1 aliphatic carbocycles. The lowest BCUT2D eigenvalue weighted by Crippen LogP contribution is -2.57. The minimum atomic E-state index is 0.662. The van der Waals surface area contributed by atoms with Crippen molar-refractivity contribution >= 4 is 0 Å². The van der Waals surface area contributed by atoms with Crippen molar-refractivity contribution in [2.75, 3.05) is 13.1 Å². The van der Waals surface area contributed by atoms with Crippen LogP contribution in [-0.4, -0.2) is 36.1 Å². The van der Waals surface area contributed by atoms with E-state index in [0.29, 0.717) is 12.1 Å². The third-order valence-electron chi connectivity index (χ3n) is 4.49. The number of hydrogen-bond donors (Lipinski definition) is 1. The monoisotopic (exact) mass is 224 g/mol. The van der Waals surface area contributed by atoms with E-state index in [1.807, 2.05) is 0 Å². The van der Waals surface area contributed by atoms with E-state index in [0.717, 1.165) is 12.0 Å². The second kappa shape index (κ2) is 5.50. The Bertz CT molecular complexity index is 201. The van der Waals surface area contributed by atoms with Gasteiger partial charge in [0, 0.05) is 31.2 Å². The van der Waals surface area contributed by atoms with Crippen LogP contribution in [0.2, 0.25) is 0 Å². The van der Waals surface area contributed by atoms with Crippen LogP contribution in [-0.2, 0) is 0 Å². The molecule has 2 aliphatic rings. The molecule has 2 nitrogen and oxygen atoms in total. The fourth-order valence-corrected chi connectivity index (χ4v) is 3.62. The van der Waals surface area contributed by atoms with E-state index in [2.05, 4.69) is 31.0 Å². The van der Waals surface area contributed by atoms with Crippen molar-refractivity contribution in [3.05, 3.63) is 0 Å². The quantitative estimate of drug-likeness (QED) is 0.776. The molecule has 3 atom stereocenters. The Morgan fingerprint density at radius 2 is 1.56 bits per heavy atom. The first-order chi connectivity index (χ1) is 7.66. The Morgan fingerprint density at radius 1 is 1.00 bits per heavy atom. The van der Waals surface area contributed by atoms with E-state index in [1.165, 1.54) is 45.2 Å². The SMILES string of the molecule is CC1CN(C(C)C2CCCCC2)CC(C)N1. The molecule has 2 rings (SSSR count). The summed E-state index contributed by atoms with van der Waals surface area (Å²) in [6, 6.07) is 2.12. The molecule has 1 saturated heterocycles. The van der Waals surface area contributed by atoms with Gasteiger partial charge < -0.3 is 5.32 Å². The van der Waals surface area contributed by atoms with Crippen LogP contribution in [0.3, 0.4) is 0 Å². The van der Waals surface area contributed by atoms with Gasteiger partial charge in [-0.25, -0.2) is 0 Å². The number of hydrogen-bond acceptors (Lipinski definition) is 2. The molecule has 3 unspecified atom stereocenters. The van der Waals surface area contributed by atoms with Crippen molar-refractivity contribution in [1.82, 2.24) is 10.2 Å². The fourth-order valence-electron chi connectivity index (χ4n) is 3.62. The summed E-state index contributed by atoms with van der Waals surface area (Å²) in [6.45, 7) is 9.57. The zero-order chi connectivity index (χ0) is 11.5. The molecule has 2 fully saturated rings. The highest BCUT2D eigenvalue weighted by atomic mass is 15.2. The molecule has 0 aromatic heterocycles. The Kier molecular flexibility index (Phi) is 4.26. The van der Waals surface area contributed by atoms with Gasteiger partial charge in [0.15, 0.2) is 0 Å². The average Bonchev–Trinajstić information content (AvgIpc) is 2.28. The summed E-state index contributed by atoms with van der Waals surface area (Å²) < 4.78 is 0. The molecular formula is C14H28N2. The van der Waals surface area contributed by atoms with Crippen LogP contribution < -0.4 is 5.32 Å². The first-order valence-corrected chi connectivity index (χ1v) is 7.17. The lowest BCUT2D eigenvalue weighted by Gasteiger charge is -2.43. The van der Waals surface area contributed by atoms with Gasteiger partial charge in [-0.15, -0.1) is 0 Å². The molecular weight excluding hydrogens is 196 g/mol. The molecule has 0 aromatic rings.